The molecule has 1 aliphatic heterocycles. The summed E-state index contributed by atoms with van der Waals surface area (Å²) in [6, 6.07) is 5.25. The van der Waals surface area contributed by atoms with Gasteiger partial charge in [-0.15, -0.1) is 4.73 Å². The number of anilines is 1. The van der Waals surface area contributed by atoms with E-state index in [-0.39, 0.29) is 12.2 Å². The van der Waals surface area contributed by atoms with Crippen molar-refractivity contribution in [3.8, 4) is 0 Å². The molecule has 0 spiro atoms. The van der Waals surface area contributed by atoms with Crippen LogP contribution in [0.1, 0.15) is 31.4 Å². The number of nitrogens with one attached hydrogen (secondary N) is 1. The molecule has 3 rings (SSSR count). The summed E-state index contributed by atoms with van der Waals surface area (Å²) in [5.74, 6) is 0. The van der Waals surface area contributed by atoms with Crippen molar-refractivity contribution in [1.82, 2.24) is 4.73 Å². The van der Waals surface area contributed by atoms with E-state index in [1.807, 2.05) is 19.9 Å². The average molecular weight is 276 g/mol. The molecule has 0 atom stereocenters. The summed E-state index contributed by atoms with van der Waals surface area (Å²) >= 11 is 0. The number of aromatic nitrogens is 1. The Morgan fingerprint density at radius 3 is 2.80 bits per heavy atom. The van der Waals surface area contributed by atoms with Gasteiger partial charge in [0.25, 0.3) is 5.56 Å². The van der Waals surface area contributed by atoms with Crippen molar-refractivity contribution in [1.29, 1.82) is 0 Å². The Labute approximate surface area is 117 Å². The summed E-state index contributed by atoms with van der Waals surface area (Å²) in [6.45, 7) is 4.72. The Kier molecular flexibility index (Phi) is 4.29. The monoisotopic (exact) mass is 276 g/mol. The van der Waals surface area contributed by atoms with Gasteiger partial charge in [-0.3, -0.25) is 4.79 Å². The number of pyridine rings is 1. The van der Waals surface area contributed by atoms with Crippen LogP contribution in [-0.2, 0) is 13.0 Å². The molecule has 0 saturated carbocycles. The van der Waals surface area contributed by atoms with Gasteiger partial charge < -0.3 is 15.6 Å². The summed E-state index contributed by atoms with van der Waals surface area (Å²) in [5.41, 5.74) is 2.17. The maximum Gasteiger partial charge on any atom is 0.288 e. The Balaban J connectivity index is 0.000000704. The molecule has 5 heteroatoms. The first-order valence-electron chi connectivity index (χ1n) is 6.97. The summed E-state index contributed by atoms with van der Waals surface area (Å²) in [5, 5.41) is 23.1. The lowest BCUT2D eigenvalue weighted by molar-refractivity contribution is 0.187. The summed E-state index contributed by atoms with van der Waals surface area (Å²) in [6.07, 6.45) is 1.57. The number of fused-ring (bicyclic) bond motifs is 3. The normalized spacial score (nSPS) is 13.2. The molecule has 2 heterocycles. The fourth-order valence-corrected chi connectivity index (χ4v) is 2.48. The molecule has 0 bridgehead atoms. The van der Waals surface area contributed by atoms with Crippen LogP contribution in [0.15, 0.2) is 23.0 Å². The topological polar surface area (TPSA) is 74.5 Å². The standard InChI is InChI=1S/C13H14N2O3.C2H6/c16-7-8-3-4-9-11(6-8)15(18)13(17)10-2-1-5-14-12(9)10;1-2/h3-4,6,14,16,18H,1-2,5,7H2;1-2H3. The minimum absolute atomic E-state index is 0.116. The van der Waals surface area contributed by atoms with Gasteiger partial charge in [0, 0.05) is 17.5 Å². The highest BCUT2D eigenvalue weighted by Crippen LogP contribution is 2.28. The predicted octanol–water partition coefficient (Wildman–Crippen LogP) is 2.12. The third-order valence-corrected chi connectivity index (χ3v) is 3.40. The Bertz CT molecular complexity index is 677. The van der Waals surface area contributed by atoms with E-state index in [1.165, 1.54) is 0 Å². The van der Waals surface area contributed by atoms with Crippen molar-refractivity contribution >= 4 is 16.6 Å². The molecule has 20 heavy (non-hydrogen) atoms. The van der Waals surface area contributed by atoms with Gasteiger partial charge >= 0.3 is 0 Å². The van der Waals surface area contributed by atoms with Crippen LogP contribution in [0.3, 0.4) is 0 Å². The molecule has 0 fully saturated rings. The summed E-state index contributed by atoms with van der Waals surface area (Å²) in [4.78, 5) is 12.0. The van der Waals surface area contributed by atoms with Gasteiger partial charge in [-0.05, 0) is 24.5 Å². The highest BCUT2D eigenvalue weighted by molar-refractivity contribution is 5.93. The van der Waals surface area contributed by atoms with Crippen LogP contribution in [0, 0.1) is 0 Å². The van der Waals surface area contributed by atoms with Crippen LogP contribution in [0.25, 0.3) is 10.9 Å². The largest absolute Gasteiger partial charge is 0.425 e. The van der Waals surface area contributed by atoms with Gasteiger partial charge in [0.2, 0.25) is 0 Å². The zero-order valence-electron chi connectivity index (χ0n) is 11.8. The second-order valence-electron chi connectivity index (χ2n) is 4.51. The molecule has 1 aliphatic rings. The Morgan fingerprint density at radius 1 is 1.35 bits per heavy atom. The zero-order valence-corrected chi connectivity index (χ0v) is 11.8. The third kappa shape index (κ3) is 2.25. The van der Waals surface area contributed by atoms with E-state index in [4.69, 9.17) is 5.11 Å². The highest BCUT2D eigenvalue weighted by Gasteiger charge is 2.19. The van der Waals surface area contributed by atoms with Crippen LogP contribution < -0.4 is 10.9 Å². The number of aliphatic hydroxyl groups is 1. The van der Waals surface area contributed by atoms with E-state index in [1.54, 1.807) is 12.1 Å². The minimum atomic E-state index is -0.375. The molecule has 0 unspecified atom stereocenters. The van der Waals surface area contributed by atoms with Crippen LogP contribution >= 0.6 is 0 Å². The molecule has 1 aromatic heterocycles. The van der Waals surface area contributed by atoms with Gasteiger partial charge in [0.15, 0.2) is 0 Å². The minimum Gasteiger partial charge on any atom is -0.425 e. The molecule has 3 N–H and O–H groups in total. The van der Waals surface area contributed by atoms with E-state index in [0.717, 1.165) is 24.0 Å². The van der Waals surface area contributed by atoms with Gasteiger partial charge in [-0.1, -0.05) is 26.0 Å². The molecule has 0 saturated heterocycles. The number of nitrogens with zero attached hydrogens (tertiary/aromatic N) is 1. The molecule has 2 aromatic rings. The van der Waals surface area contributed by atoms with Gasteiger partial charge in [0.05, 0.1) is 17.8 Å². The number of hydrogen-bond donors (Lipinski definition) is 3. The van der Waals surface area contributed by atoms with E-state index in [9.17, 15) is 10.0 Å². The first kappa shape index (κ1) is 14.4. The fourth-order valence-electron chi connectivity index (χ4n) is 2.48. The first-order valence-corrected chi connectivity index (χ1v) is 6.97. The van der Waals surface area contributed by atoms with Crippen molar-refractivity contribution in [3.63, 3.8) is 0 Å². The van der Waals surface area contributed by atoms with Crippen molar-refractivity contribution < 1.29 is 10.3 Å². The average Bonchev–Trinajstić information content (AvgIpc) is 2.54. The fraction of sp³-hybridized carbons (Fsp3) is 0.400. The first-order chi connectivity index (χ1) is 9.72. The van der Waals surface area contributed by atoms with Crippen molar-refractivity contribution in [2.75, 3.05) is 11.9 Å². The van der Waals surface area contributed by atoms with Crippen LogP contribution in [-0.4, -0.2) is 21.6 Å². The van der Waals surface area contributed by atoms with Crippen molar-refractivity contribution in [2.24, 2.45) is 0 Å². The smallest absolute Gasteiger partial charge is 0.288 e. The third-order valence-electron chi connectivity index (χ3n) is 3.40. The summed E-state index contributed by atoms with van der Waals surface area (Å²) < 4.78 is 0.681. The Morgan fingerprint density at radius 2 is 2.10 bits per heavy atom. The molecule has 1 aromatic carbocycles. The van der Waals surface area contributed by atoms with Gasteiger partial charge in [0.1, 0.15) is 0 Å². The maximum atomic E-state index is 12.0. The second-order valence-corrected chi connectivity index (χ2v) is 4.51. The van der Waals surface area contributed by atoms with Gasteiger partial charge in [-0.2, -0.15) is 0 Å². The van der Waals surface area contributed by atoms with Crippen molar-refractivity contribution in [3.05, 3.63) is 39.7 Å². The molecule has 0 aliphatic carbocycles. The Hall–Kier alpha value is -2.01. The molecule has 5 nitrogen and oxygen atoms in total. The number of hydrogen-bond acceptors (Lipinski definition) is 4. The molecular formula is C15H20N2O3. The van der Waals surface area contributed by atoms with E-state index < -0.39 is 0 Å². The van der Waals surface area contributed by atoms with Crippen molar-refractivity contribution in [2.45, 2.75) is 33.3 Å². The van der Waals surface area contributed by atoms with E-state index in [2.05, 4.69) is 5.32 Å². The lowest BCUT2D eigenvalue weighted by atomic mass is 10.0. The lowest BCUT2D eigenvalue weighted by Crippen LogP contribution is -2.27. The predicted molar refractivity (Wildman–Crippen MR) is 79.5 cm³/mol. The SMILES string of the molecule is CC.O=c1c2c(c3ccc(CO)cc3n1O)NCCC2. The molecule has 0 radical (unpaired) electrons. The highest BCUT2D eigenvalue weighted by atomic mass is 16.5. The van der Waals surface area contributed by atoms with Crippen LogP contribution in [0.2, 0.25) is 0 Å². The quantitative estimate of drug-likeness (QED) is 0.697. The molecule has 0 amide bonds. The lowest BCUT2D eigenvalue weighted by Gasteiger charge is -2.20. The van der Waals surface area contributed by atoms with Crippen LogP contribution in [0.5, 0.6) is 0 Å². The number of aliphatic hydroxyl groups excluding tert-OH is 1. The summed E-state index contributed by atoms with van der Waals surface area (Å²) in [7, 11) is 0. The van der Waals surface area contributed by atoms with Crippen LogP contribution in [0.4, 0.5) is 5.69 Å². The number of rotatable bonds is 1. The molecular weight excluding hydrogens is 256 g/mol. The maximum absolute atomic E-state index is 12.0. The van der Waals surface area contributed by atoms with E-state index in [0.29, 0.717) is 27.8 Å². The van der Waals surface area contributed by atoms with Gasteiger partial charge in [-0.25, -0.2) is 0 Å². The second kappa shape index (κ2) is 5.96. The molecule has 108 valence electrons. The van der Waals surface area contributed by atoms with E-state index >= 15 is 0 Å². The zero-order chi connectivity index (χ0) is 14.7. The number of benzene rings is 1.